The van der Waals surface area contributed by atoms with Gasteiger partial charge in [-0.15, -0.1) is 0 Å². The number of hydrogen-bond acceptors (Lipinski definition) is 4. The quantitative estimate of drug-likeness (QED) is 0.683. The molecule has 0 bridgehead atoms. The first-order valence-electron chi connectivity index (χ1n) is 7.31. The highest BCUT2D eigenvalue weighted by Crippen LogP contribution is 2.31. The third-order valence-corrected chi connectivity index (χ3v) is 3.52. The van der Waals surface area contributed by atoms with Gasteiger partial charge >= 0.3 is 0 Å². The lowest BCUT2D eigenvalue weighted by Gasteiger charge is -2.25. The summed E-state index contributed by atoms with van der Waals surface area (Å²) in [7, 11) is 3.22. The summed E-state index contributed by atoms with van der Waals surface area (Å²) in [6.45, 7) is 5.15. The molecule has 114 valence electrons. The molecule has 2 atom stereocenters. The maximum Gasteiger partial charge on any atom is 0.128 e. The Kier molecular flexibility index (Phi) is 7.41. The van der Waals surface area contributed by atoms with Crippen LogP contribution in [0.3, 0.4) is 0 Å². The molecule has 1 aromatic carbocycles. The molecule has 0 aliphatic heterocycles. The number of methoxy groups -OCH3 is 2. The molecule has 2 N–H and O–H groups in total. The Labute approximate surface area is 122 Å². The van der Waals surface area contributed by atoms with Crippen LogP contribution in [0.2, 0.25) is 0 Å². The summed E-state index contributed by atoms with van der Waals surface area (Å²) < 4.78 is 10.5. The number of aliphatic hydroxyl groups excluding tert-OH is 1. The largest absolute Gasteiger partial charge is 0.497 e. The second-order valence-corrected chi connectivity index (χ2v) is 4.88. The van der Waals surface area contributed by atoms with Gasteiger partial charge in [-0.25, -0.2) is 0 Å². The number of hydrogen-bond donors (Lipinski definition) is 2. The van der Waals surface area contributed by atoms with Crippen molar-refractivity contribution in [2.75, 3.05) is 20.8 Å². The summed E-state index contributed by atoms with van der Waals surface area (Å²) in [5.41, 5.74) is 0.796. The van der Waals surface area contributed by atoms with E-state index in [9.17, 15) is 5.11 Å². The number of aliphatic hydroxyl groups is 1. The van der Waals surface area contributed by atoms with Crippen molar-refractivity contribution in [3.63, 3.8) is 0 Å². The number of benzene rings is 1. The smallest absolute Gasteiger partial charge is 0.128 e. The molecule has 1 rings (SSSR count). The summed E-state index contributed by atoms with van der Waals surface area (Å²) >= 11 is 0. The fourth-order valence-corrected chi connectivity index (χ4v) is 2.22. The average Bonchev–Trinajstić information content (AvgIpc) is 2.50. The highest BCUT2D eigenvalue weighted by atomic mass is 16.5. The summed E-state index contributed by atoms with van der Waals surface area (Å²) in [4.78, 5) is 0. The Morgan fingerprint density at radius 1 is 1.20 bits per heavy atom. The average molecular weight is 281 g/mol. The van der Waals surface area contributed by atoms with Crippen LogP contribution in [0, 0.1) is 0 Å². The number of ether oxygens (including phenoxy) is 2. The molecule has 0 amide bonds. The Morgan fingerprint density at radius 2 is 1.95 bits per heavy atom. The lowest BCUT2D eigenvalue weighted by atomic mass is 9.99. The zero-order valence-electron chi connectivity index (χ0n) is 13.0. The number of unbranched alkanes of at least 4 members (excludes halogenated alkanes) is 1. The van der Waals surface area contributed by atoms with Crippen LogP contribution in [0.4, 0.5) is 0 Å². The summed E-state index contributed by atoms with van der Waals surface area (Å²) in [5, 5.41) is 14.0. The van der Waals surface area contributed by atoms with Crippen molar-refractivity contribution in [1.82, 2.24) is 5.32 Å². The van der Waals surface area contributed by atoms with E-state index in [-0.39, 0.29) is 6.04 Å². The van der Waals surface area contributed by atoms with Crippen molar-refractivity contribution < 1.29 is 14.6 Å². The monoisotopic (exact) mass is 281 g/mol. The van der Waals surface area contributed by atoms with Crippen LogP contribution in [0.15, 0.2) is 18.2 Å². The van der Waals surface area contributed by atoms with Crippen LogP contribution in [0.5, 0.6) is 11.5 Å². The molecule has 4 heteroatoms. The third-order valence-electron chi connectivity index (χ3n) is 3.52. The first-order valence-corrected chi connectivity index (χ1v) is 7.31. The van der Waals surface area contributed by atoms with Crippen molar-refractivity contribution in [3.05, 3.63) is 23.8 Å². The molecule has 0 radical (unpaired) electrons. The summed E-state index contributed by atoms with van der Waals surface area (Å²) in [6.07, 6.45) is 2.53. The van der Waals surface area contributed by atoms with E-state index in [4.69, 9.17) is 9.47 Å². The third kappa shape index (κ3) is 4.39. The van der Waals surface area contributed by atoms with Gasteiger partial charge in [0.05, 0.1) is 20.3 Å². The highest BCUT2D eigenvalue weighted by molar-refractivity contribution is 5.42. The van der Waals surface area contributed by atoms with E-state index in [1.807, 2.05) is 12.1 Å². The molecular weight excluding hydrogens is 254 g/mol. The topological polar surface area (TPSA) is 50.7 Å². The predicted molar refractivity (Wildman–Crippen MR) is 81.5 cm³/mol. The molecule has 0 fully saturated rings. The Balaban J connectivity index is 2.85. The minimum absolute atomic E-state index is 0.0313. The lowest BCUT2D eigenvalue weighted by Crippen LogP contribution is -2.35. The van der Waals surface area contributed by atoms with Crippen LogP contribution in [0.1, 0.15) is 44.8 Å². The molecule has 0 saturated heterocycles. The molecule has 0 aromatic heterocycles. The maximum atomic E-state index is 10.6. The second kappa shape index (κ2) is 8.82. The molecule has 0 aliphatic carbocycles. The van der Waals surface area contributed by atoms with E-state index < -0.39 is 6.10 Å². The Morgan fingerprint density at radius 3 is 2.50 bits per heavy atom. The van der Waals surface area contributed by atoms with E-state index in [0.29, 0.717) is 5.75 Å². The van der Waals surface area contributed by atoms with Crippen molar-refractivity contribution in [2.24, 2.45) is 0 Å². The molecule has 0 aliphatic rings. The molecular formula is C16H27NO3. The normalized spacial score (nSPS) is 13.8. The van der Waals surface area contributed by atoms with Gasteiger partial charge in [-0.05, 0) is 31.5 Å². The standard InChI is InChI=1S/C16H27NO3/c1-5-7-10-17-14(6-2)16(18)13-9-8-12(19-3)11-15(13)20-4/h8-9,11,14,16-18H,5-7,10H2,1-4H3. The minimum Gasteiger partial charge on any atom is -0.497 e. The van der Waals surface area contributed by atoms with Crippen LogP contribution < -0.4 is 14.8 Å². The van der Waals surface area contributed by atoms with Gasteiger partial charge < -0.3 is 19.9 Å². The zero-order valence-corrected chi connectivity index (χ0v) is 13.0. The molecule has 2 unspecified atom stereocenters. The summed E-state index contributed by atoms with van der Waals surface area (Å²) in [6, 6.07) is 5.55. The maximum absolute atomic E-state index is 10.6. The Hall–Kier alpha value is -1.26. The van der Waals surface area contributed by atoms with Crippen molar-refractivity contribution >= 4 is 0 Å². The van der Waals surface area contributed by atoms with Gasteiger partial charge in [-0.2, -0.15) is 0 Å². The molecule has 20 heavy (non-hydrogen) atoms. The van der Waals surface area contributed by atoms with E-state index in [0.717, 1.165) is 37.1 Å². The fourth-order valence-electron chi connectivity index (χ4n) is 2.22. The predicted octanol–water partition coefficient (Wildman–Crippen LogP) is 2.91. The highest BCUT2D eigenvalue weighted by Gasteiger charge is 2.22. The zero-order chi connectivity index (χ0) is 15.0. The first-order chi connectivity index (χ1) is 9.67. The van der Waals surface area contributed by atoms with Crippen molar-refractivity contribution in [3.8, 4) is 11.5 Å². The fraction of sp³-hybridized carbons (Fsp3) is 0.625. The van der Waals surface area contributed by atoms with E-state index in [1.165, 1.54) is 0 Å². The molecule has 0 saturated carbocycles. The number of rotatable bonds is 9. The van der Waals surface area contributed by atoms with Gasteiger partial charge in [0, 0.05) is 17.7 Å². The van der Waals surface area contributed by atoms with Gasteiger partial charge in [-0.1, -0.05) is 20.3 Å². The van der Waals surface area contributed by atoms with Crippen molar-refractivity contribution in [1.29, 1.82) is 0 Å². The van der Waals surface area contributed by atoms with E-state index in [2.05, 4.69) is 19.2 Å². The van der Waals surface area contributed by atoms with Crippen LogP contribution in [0.25, 0.3) is 0 Å². The summed E-state index contributed by atoms with van der Waals surface area (Å²) in [5.74, 6) is 1.39. The van der Waals surface area contributed by atoms with Crippen molar-refractivity contribution in [2.45, 2.75) is 45.3 Å². The molecule has 4 nitrogen and oxygen atoms in total. The SMILES string of the molecule is CCCCNC(CC)C(O)c1ccc(OC)cc1OC. The molecule has 0 heterocycles. The first kappa shape index (κ1) is 16.8. The minimum atomic E-state index is -0.585. The molecule has 0 spiro atoms. The van der Waals surface area contributed by atoms with Gasteiger partial charge in [0.15, 0.2) is 0 Å². The second-order valence-electron chi connectivity index (χ2n) is 4.88. The van der Waals surface area contributed by atoms with Crippen LogP contribution >= 0.6 is 0 Å². The van der Waals surface area contributed by atoms with Gasteiger partial charge in [-0.3, -0.25) is 0 Å². The van der Waals surface area contributed by atoms with E-state index >= 15 is 0 Å². The lowest BCUT2D eigenvalue weighted by molar-refractivity contribution is 0.123. The van der Waals surface area contributed by atoms with Crippen LogP contribution in [-0.2, 0) is 0 Å². The van der Waals surface area contributed by atoms with Gasteiger partial charge in [0.25, 0.3) is 0 Å². The molecule has 1 aromatic rings. The Bertz CT molecular complexity index is 395. The van der Waals surface area contributed by atoms with E-state index in [1.54, 1.807) is 20.3 Å². The van der Waals surface area contributed by atoms with Gasteiger partial charge in [0.1, 0.15) is 11.5 Å². The van der Waals surface area contributed by atoms with Crippen LogP contribution in [-0.4, -0.2) is 31.9 Å². The number of nitrogens with one attached hydrogen (secondary N) is 1. The van der Waals surface area contributed by atoms with Gasteiger partial charge in [0.2, 0.25) is 0 Å².